The Bertz CT molecular complexity index is 2700. The Hall–Kier alpha value is -6.57. The summed E-state index contributed by atoms with van der Waals surface area (Å²) in [5, 5.41) is 4.02. The molecule has 11 heteroatoms. The molecular formula is C53H47Cl2N3O6. The molecule has 9 nitrogen and oxygen atoms in total. The molecule has 64 heavy (non-hydrogen) atoms. The van der Waals surface area contributed by atoms with Gasteiger partial charge in [0, 0.05) is 37.2 Å². The summed E-state index contributed by atoms with van der Waals surface area (Å²) >= 11 is 12.2. The quantitative estimate of drug-likeness (QED) is 0.0911. The summed E-state index contributed by atoms with van der Waals surface area (Å²) in [6.45, 7) is 2.83. The minimum Gasteiger partial charge on any atom is -0.489 e. The van der Waals surface area contributed by atoms with Gasteiger partial charge in [0.15, 0.2) is 0 Å². The number of amides is 2. The van der Waals surface area contributed by atoms with Crippen LogP contribution in [0.5, 0.6) is 11.5 Å². The minimum atomic E-state index is -0.931. The third-order valence-corrected chi connectivity index (χ3v) is 12.8. The van der Waals surface area contributed by atoms with Crippen LogP contribution in [-0.4, -0.2) is 48.9 Å². The van der Waals surface area contributed by atoms with Crippen molar-refractivity contribution in [3.8, 4) is 35.0 Å². The second-order valence-electron chi connectivity index (χ2n) is 16.0. The van der Waals surface area contributed by atoms with E-state index in [9.17, 15) is 14.4 Å². The number of carbonyl (C=O) groups is 3. The smallest absolute Gasteiger partial charge is 0.328 e. The molecule has 2 heterocycles. The lowest BCUT2D eigenvalue weighted by molar-refractivity contribution is -0.146. The molecular weight excluding hydrogens is 846 g/mol. The average molecular weight is 893 g/mol. The average Bonchev–Trinajstić information content (AvgIpc) is 3.33. The van der Waals surface area contributed by atoms with Crippen molar-refractivity contribution in [3.05, 3.63) is 182 Å². The molecule has 2 aliphatic rings. The van der Waals surface area contributed by atoms with Crippen LogP contribution in [0.25, 0.3) is 11.1 Å². The van der Waals surface area contributed by atoms with E-state index in [2.05, 4.69) is 35.2 Å². The summed E-state index contributed by atoms with van der Waals surface area (Å²) in [5.74, 6) is 2.79. The van der Waals surface area contributed by atoms with Gasteiger partial charge >= 0.3 is 5.97 Å². The van der Waals surface area contributed by atoms with Gasteiger partial charge in [0.2, 0.25) is 12.0 Å². The van der Waals surface area contributed by atoms with Crippen LogP contribution in [0, 0.1) is 12.3 Å². The predicted molar refractivity (Wildman–Crippen MR) is 250 cm³/mol. The van der Waals surface area contributed by atoms with Crippen molar-refractivity contribution in [3.63, 3.8) is 0 Å². The minimum absolute atomic E-state index is 0.115. The van der Waals surface area contributed by atoms with Gasteiger partial charge in [0.25, 0.3) is 5.91 Å². The monoisotopic (exact) mass is 891 g/mol. The first-order valence-electron chi connectivity index (χ1n) is 21.1. The number of nitrogens with one attached hydrogen (secondary N) is 1. The Morgan fingerprint density at radius 2 is 1.55 bits per heavy atom. The highest BCUT2D eigenvalue weighted by Crippen LogP contribution is 2.43. The maximum atomic E-state index is 14.7. The fourth-order valence-electron chi connectivity index (χ4n) is 8.54. The highest BCUT2D eigenvalue weighted by molar-refractivity contribution is 6.42. The number of nitrogens with zero attached hydrogens (tertiary/aromatic N) is 2. The number of fused-ring (bicyclic) bond motifs is 2. The van der Waals surface area contributed by atoms with Crippen LogP contribution in [0.15, 0.2) is 133 Å². The zero-order chi connectivity index (χ0) is 44.9. The van der Waals surface area contributed by atoms with Gasteiger partial charge in [-0.3, -0.25) is 14.5 Å². The number of methoxy groups -OCH3 is 1. The summed E-state index contributed by atoms with van der Waals surface area (Å²) in [5.41, 5.74) is 8.85. The molecule has 6 aromatic rings. The van der Waals surface area contributed by atoms with E-state index < -0.39 is 24.2 Å². The zero-order valence-electron chi connectivity index (χ0n) is 35.7. The Kier molecular flexibility index (Phi) is 13.4. The van der Waals surface area contributed by atoms with E-state index in [1.165, 1.54) is 7.11 Å². The van der Waals surface area contributed by atoms with Gasteiger partial charge < -0.3 is 24.4 Å². The molecule has 4 atom stereocenters. The van der Waals surface area contributed by atoms with E-state index in [0.29, 0.717) is 52.4 Å². The third-order valence-electron chi connectivity index (χ3n) is 12.0. The molecule has 0 saturated carbocycles. The summed E-state index contributed by atoms with van der Waals surface area (Å²) < 4.78 is 17.7. The number of esters is 1. The highest BCUT2D eigenvalue weighted by Gasteiger charge is 2.40. The molecule has 8 rings (SSSR count). The van der Waals surface area contributed by atoms with Crippen molar-refractivity contribution in [2.45, 2.75) is 63.6 Å². The fourth-order valence-corrected chi connectivity index (χ4v) is 8.86. The first-order valence-corrected chi connectivity index (χ1v) is 21.9. The first-order chi connectivity index (χ1) is 31.0. The Labute approximate surface area is 383 Å². The molecule has 0 aromatic heterocycles. The molecule has 0 fully saturated rings. The summed E-state index contributed by atoms with van der Waals surface area (Å²) in [7, 11) is 3.07. The van der Waals surface area contributed by atoms with Crippen LogP contribution in [0.4, 0.5) is 5.69 Å². The SMILES string of the molecule is C#Cc1ccc(-c2ccc(C[C@H](NC(=O)[C@@H]3Cc4cc5c(cc4CN3[C@H](CC)c3ccccc3)O[C@H](c3ccc(OCc4ccc(Cl)c(Cl)c4)cc3)C(=O)N5C)C(=O)OC)cc2)cc1. The molecule has 0 aliphatic carbocycles. The van der Waals surface area contributed by atoms with Crippen LogP contribution in [0.2, 0.25) is 10.0 Å². The van der Waals surface area contributed by atoms with Gasteiger partial charge in [-0.05, 0) is 100 Å². The molecule has 0 unspecified atom stereocenters. The maximum Gasteiger partial charge on any atom is 0.328 e. The molecule has 1 N–H and O–H groups in total. The fraction of sp³-hybridized carbons (Fsp3) is 0.226. The molecule has 2 aliphatic heterocycles. The van der Waals surface area contributed by atoms with Gasteiger partial charge in [0.05, 0.1) is 28.9 Å². The van der Waals surface area contributed by atoms with Crippen LogP contribution in [-0.2, 0) is 45.1 Å². The predicted octanol–water partition coefficient (Wildman–Crippen LogP) is 10.1. The van der Waals surface area contributed by atoms with E-state index in [1.54, 1.807) is 24.1 Å². The van der Waals surface area contributed by atoms with E-state index >= 15 is 0 Å². The zero-order valence-corrected chi connectivity index (χ0v) is 37.2. The molecule has 0 saturated heterocycles. The molecule has 0 bridgehead atoms. The van der Waals surface area contributed by atoms with Crippen molar-refractivity contribution in [2.75, 3.05) is 19.1 Å². The van der Waals surface area contributed by atoms with Gasteiger partial charge in [0.1, 0.15) is 24.1 Å². The number of hydrogen-bond donors (Lipinski definition) is 1. The number of carbonyl (C=O) groups excluding carboxylic acids is 3. The molecule has 324 valence electrons. The number of anilines is 1. The lowest BCUT2D eigenvalue weighted by Gasteiger charge is -2.42. The lowest BCUT2D eigenvalue weighted by Crippen LogP contribution is -2.55. The van der Waals surface area contributed by atoms with Crippen molar-refractivity contribution >= 4 is 46.7 Å². The number of likely N-dealkylation sites (N-methyl/N-ethyl adjacent to an activating group) is 1. The number of benzene rings is 6. The maximum absolute atomic E-state index is 14.7. The van der Waals surface area contributed by atoms with Crippen molar-refractivity contribution in [2.24, 2.45) is 0 Å². The van der Waals surface area contributed by atoms with E-state index in [1.807, 2.05) is 109 Å². The molecule has 0 spiro atoms. The number of ether oxygens (including phenoxy) is 3. The third kappa shape index (κ3) is 9.51. The molecule has 6 aromatic carbocycles. The van der Waals surface area contributed by atoms with E-state index in [4.69, 9.17) is 43.8 Å². The van der Waals surface area contributed by atoms with E-state index in [0.717, 1.165) is 50.9 Å². The van der Waals surface area contributed by atoms with Gasteiger partial charge in [-0.1, -0.05) is 121 Å². The number of rotatable bonds is 13. The van der Waals surface area contributed by atoms with Gasteiger partial charge in [-0.25, -0.2) is 4.79 Å². The Balaban J connectivity index is 1.03. The largest absolute Gasteiger partial charge is 0.489 e. The van der Waals surface area contributed by atoms with Gasteiger partial charge in [-0.15, -0.1) is 6.42 Å². The van der Waals surface area contributed by atoms with Crippen LogP contribution in [0.3, 0.4) is 0 Å². The first kappa shape index (κ1) is 44.1. The van der Waals surface area contributed by atoms with Crippen LogP contribution >= 0.6 is 23.2 Å². The second-order valence-corrected chi connectivity index (χ2v) is 16.8. The number of terminal acetylenes is 1. The summed E-state index contributed by atoms with van der Waals surface area (Å²) in [6, 6.07) is 40.7. The topological polar surface area (TPSA) is 97.4 Å². The Morgan fingerprint density at radius 1 is 0.859 bits per heavy atom. The lowest BCUT2D eigenvalue weighted by atomic mass is 9.88. The standard InChI is InChI=1S/C53H47Cl2N3O6/c1-5-33-12-17-36(18-13-33)37-19-14-34(15-20-37)27-45(53(61)62-4)56-51(59)48-29-40-28-47-49(30-41(40)31-58(48)46(6-2)38-10-8-7-9-11-38)64-50(52(60)57(47)3)39-21-23-42(24-22-39)63-32-35-16-25-43(54)44(55)26-35/h1,7-26,28,30,45-46,48,50H,6,27,29,31-32H2,2-4H3,(H,56,59)/t45-,46+,48-,50+/m0/s1. The van der Waals surface area contributed by atoms with Crippen molar-refractivity contribution in [1.29, 1.82) is 0 Å². The molecule has 0 radical (unpaired) electrons. The van der Waals surface area contributed by atoms with E-state index in [-0.39, 0.29) is 24.3 Å². The normalized spacial score (nSPS) is 16.6. The van der Waals surface area contributed by atoms with Gasteiger partial charge in [-0.2, -0.15) is 0 Å². The summed E-state index contributed by atoms with van der Waals surface area (Å²) in [4.78, 5) is 45.7. The van der Waals surface area contributed by atoms with Crippen molar-refractivity contribution < 1.29 is 28.6 Å². The van der Waals surface area contributed by atoms with Crippen molar-refractivity contribution in [1.82, 2.24) is 10.2 Å². The van der Waals surface area contributed by atoms with Crippen LogP contribution in [0.1, 0.15) is 64.4 Å². The highest BCUT2D eigenvalue weighted by atomic mass is 35.5. The second kappa shape index (κ2) is 19.4. The number of halogens is 2. The molecule has 2 amide bonds. The summed E-state index contributed by atoms with van der Waals surface area (Å²) in [6.07, 6.45) is 5.97. The Morgan fingerprint density at radius 3 is 2.20 bits per heavy atom. The van der Waals surface area contributed by atoms with Crippen LogP contribution < -0.4 is 19.7 Å². The number of hydrogen-bond acceptors (Lipinski definition) is 7.